The van der Waals surface area contributed by atoms with Gasteiger partial charge in [-0.25, -0.2) is 4.99 Å². The smallest absolute Gasteiger partial charge is 0.191 e. The molecule has 0 aliphatic heterocycles. The van der Waals surface area contributed by atoms with Crippen LogP contribution in [0.2, 0.25) is 0 Å². The predicted octanol–water partition coefficient (Wildman–Crippen LogP) is 3.52. The van der Waals surface area contributed by atoms with E-state index in [0.717, 1.165) is 13.1 Å². The molecule has 0 unspecified atom stereocenters. The van der Waals surface area contributed by atoms with Gasteiger partial charge in [-0.3, -0.25) is 4.68 Å². The Morgan fingerprint density at radius 3 is 2.60 bits per heavy atom. The number of halogens is 1. The summed E-state index contributed by atoms with van der Waals surface area (Å²) < 4.78 is 7.13. The summed E-state index contributed by atoms with van der Waals surface area (Å²) in [7, 11) is 1.60. The highest BCUT2D eigenvalue weighted by atomic mass is 127. The fourth-order valence-electron chi connectivity index (χ4n) is 2.95. The lowest BCUT2D eigenvalue weighted by Crippen LogP contribution is -2.37. The Morgan fingerprint density at radius 1 is 1.10 bits per heavy atom. The molecule has 8 heteroatoms. The zero-order valence-electron chi connectivity index (χ0n) is 17.2. The Hall–Kier alpha value is -2.75. The first-order valence-corrected chi connectivity index (χ1v) is 9.62. The van der Waals surface area contributed by atoms with Crippen molar-refractivity contribution in [3.63, 3.8) is 0 Å². The molecule has 3 N–H and O–H groups in total. The molecule has 0 bridgehead atoms. The second-order valence-electron chi connectivity index (χ2n) is 6.52. The number of nitrogens with zero attached hydrogens (tertiary/aromatic N) is 3. The van der Waals surface area contributed by atoms with Gasteiger partial charge in [-0.2, -0.15) is 5.10 Å². The van der Waals surface area contributed by atoms with Crippen molar-refractivity contribution in [3.8, 4) is 11.5 Å². The number of phenolic OH excluding ortho intramolecular Hbond substituents is 1. The predicted molar refractivity (Wildman–Crippen MR) is 130 cm³/mol. The summed E-state index contributed by atoms with van der Waals surface area (Å²) in [4.78, 5) is 4.60. The maximum absolute atomic E-state index is 10.1. The molecule has 30 heavy (non-hydrogen) atoms. The lowest BCUT2D eigenvalue weighted by atomic mass is 10.1. The highest BCUT2D eigenvalue weighted by Gasteiger charge is 2.06. The van der Waals surface area contributed by atoms with Crippen molar-refractivity contribution in [2.45, 2.75) is 26.6 Å². The fraction of sp³-hybridized carbons (Fsp3) is 0.273. The number of phenols is 1. The molecule has 160 valence electrons. The topological polar surface area (TPSA) is 83.7 Å². The molecule has 0 atom stereocenters. The Bertz CT molecular complexity index is 944. The van der Waals surface area contributed by atoms with Crippen molar-refractivity contribution in [1.29, 1.82) is 0 Å². The minimum Gasteiger partial charge on any atom is -0.508 e. The largest absolute Gasteiger partial charge is 0.508 e. The Labute approximate surface area is 194 Å². The Morgan fingerprint density at radius 2 is 1.90 bits per heavy atom. The summed E-state index contributed by atoms with van der Waals surface area (Å²) in [5.41, 5.74) is 3.09. The van der Waals surface area contributed by atoms with Gasteiger partial charge in [0.1, 0.15) is 11.5 Å². The van der Waals surface area contributed by atoms with E-state index in [9.17, 15) is 5.11 Å². The first-order valence-electron chi connectivity index (χ1n) is 9.62. The van der Waals surface area contributed by atoms with Crippen LogP contribution in [0.5, 0.6) is 11.5 Å². The summed E-state index contributed by atoms with van der Waals surface area (Å²) in [5, 5.41) is 21.0. The minimum atomic E-state index is 0. The first kappa shape index (κ1) is 23.5. The van der Waals surface area contributed by atoms with Crippen molar-refractivity contribution in [3.05, 3.63) is 77.6 Å². The molecule has 3 rings (SSSR count). The third-order valence-electron chi connectivity index (χ3n) is 4.49. The van der Waals surface area contributed by atoms with Gasteiger partial charge < -0.3 is 20.5 Å². The summed E-state index contributed by atoms with van der Waals surface area (Å²) in [6.07, 6.45) is 3.74. The van der Waals surface area contributed by atoms with Crippen LogP contribution in [-0.2, 0) is 19.6 Å². The van der Waals surface area contributed by atoms with Crippen LogP contribution in [0, 0.1) is 0 Å². The molecule has 0 aliphatic rings. The first-order chi connectivity index (χ1) is 14.2. The lowest BCUT2D eigenvalue weighted by Gasteiger charge is -2.14. The molecule has 0 saturated carbocycles. The van der Waals surface area contributed by atoms with Gasteiger partial charge in [-0.1, -0.05) is 24.3 Å². The van der Waals surface area contributed by atoms with Gasteiger partial charge in [-0.15, -0.1) is 24.0 Å². The Kier molecular flexibility index (Phi) is 9.46. The lowest BCUT2D eigenvalue weighted by molar-refractivity contribution is 0.411. The molecule has 7 nitrogen and oxygen atoms in total. The molecule has 2 aromatic carbocycles. The van der Waals surface area contributed by atoms with E-state index in [0.29, 0.717) is 30.4 Å². The van der Waals surface area contributed by atoms with E-state index in [1.807, 2.05) is 36.0 Å². The number of aliphatic imine (C=N–C) groups is 1. The van der Waals surface area contributed by atoms with Crippen LogP contribution in [0.1, 0.15) is 23.6 Å². The molecule has 0 fully saturated rings. The van der Waals surface area contributed by atoms with Crippen LogP contribution >= 0.6 is 24.0 Å². The van der Waals surface area contributed by atoms with Crippen LogP contribution in [0.4, 0.5) is 0 Å². The monoisotopic (exact) mass is 521 g/mol. The average molecular weight is 521 g/mol. The molecular weight excluding hydrogens is 493 g/mol. The Balaban J connectivity index is 0.00000320. The highest BCUT2D eigenvalue weighted by molar-refractivity contribution is 14.0. The van der Waals surface area contributed by atoms with Crippen molar-refractivity contribution in [2.24, 2.45) is 4.99 Å². The van der Waals surface area contributed by atoms with E-state index in [4.69, 9.17) is 4.74 Å². The van der Waals surface area contributed by atoms with Crippen LogP contribution < -0.4 is 15.4 Å². The number of ether oxygens (including phenoxy) is 1. The summed E-state index contributed by atoms with van der Waals surface area (Å²) in [5.74, 6) is 1.58. The standard InChI is InChI=1S/C22H27N5O2.HI/c1-3-23-22(25-15-19-13-20(29-2)9-10-21(19)28)24-14-17-7-4-5-8-18(17)16-27-12-6-11-26-27;/h4-13,28H,3,14-16H2,1-2H3,(H2,23,24,25);1H. The molecule has 1 aromatic heterocycles. The van der Waals surface area contributed by atoms with E-state index in [1.54, 1.807) is 31.5 Å². The number of methoxy groups -OCH3 is 1. The quantitative estimate of drug-likeness (QED) is 0.240. The second-order valence-corrected chi connectivity index (χ2v) is 6.52. The van der Waals surface area contributed by atoms with E-state index in [-0.39, 0.29) is 29.7 Å². The van der Waals surface area contributed by atoms with Gasteiger partial charge in [0.25, 0.3) is 0 Å². The normalized spacial score (nSPS) is 10.9. The number of aromatic nitrogens is 2. The minimum absolute atomic E-state index is 0. The van der Waals surface area contributed by atoms with E-state index < -0.39 is 0 Å². The maximum atomic E-state index is 10.1. The number of nitrogens with one attached hydrogen (secondary N) is 2. The molecule has 0 spiro atoms. The average Bonchev–Trinajstić information content (AvgIpc) is 3.25. The van der Waals surface area contributed by atoms with Gasteiger partial charge in [0.05, 0.1) is 20.2 Å². The number of guanidine groups is 1. The molecule has 0 aliphatic carbocycles. The second kappa shape index (κ2) is 12.1. The molecule has 0 amide bonds. The summed E-state index contributed by atoms with van der Waals surface area (Å²) >= 11 is 0. The van der Waals surface area contributed by atoms with Crippen molar-refractivity contribution < 1.29 is 9.84 Å². The van der Waals surface area contributed by atoms with E-state index in [1.165, 1.54) is 11.1 Å². The van der Waals surface area contributed by atoms with Crippen LogP contribution in [0.25, 0.3) is 0 Å². The van der Waals surface area contributed by atoms with Gasteiger partial charge in [0.15, 0.2) is 5.96 Å². The third-order valence-corrected chi connectivity index (χ3v) is 4.49. The van der Waals surface area contributed by atoms with Gasteiger partial charge >= 0.3 is 0 Å². The van der Waals surface area contributed by atoms with Crippen molar-refractivity contribution in [1.82, 2.24) is 20.4 Å². The van der Waals surface area contributed by atoms with Crippen LogP contribution in [0.3, 0.4) is 0 Å². The fourth-order valence-corrected chi connectivity index (χ4v) is 2.95. The van der Waals surface area contributed by atoms with Crippen molar-refractivity contribution >= 4 is 29.9 Å². The van der Waals surface area contributed by atoms with Gasteiger partial charge in [-0.05, 0) is 42.3 Å². The molecule has 0 radical (unpaired) electrons. The zero-order chi connectivity index (χ0) is 20.5. The summed E-state index contributed by atoms with van der Waals surface area (Å²) in [6.45, 7) is 4.45. The molecule has 3 aromatic rings. The van der Waals surface area contributed by atoms with E-state index in [2.05, 4.69) is 32.9 Å². The third kappa shape index (κ3) is 6.65. The highest BCUT2D eigenvalue weighted by Crippen LogP contribution is 2.23. The number of benzene rings is 2. The zero-order valence-corrected chi connectivity index (χ0v) is 19.5. The van der Waals surface area contributed by atoms with Gasteiger partial charge in [0.2, 0.25) is 0 Å². The van der Waals surface area contributed by atoms with Crippen LogP contribution in [-0.4, -0.2) is 34.5 Å². The molecule has 1 heterocycles. The number of hydrogen-bond acceptors (Lipinski definition) is 4. The number of hydrogen-bond donors (Lipinski definition) is 3. The van der Waals surface area contributed by atoms with E-state index >= 15 is 0 Å². The summed E-state index contributed by atoms with van der Waals surface area (Å²) in [6, 6.07) is 15.3. The maximum Gasteiger partial charge on any atom is 0.191 e. The number of rotatable bonds is 8. The molecule has 0 saturated heterocycles. The SMILES string of the molecule is CCNC(=NCc1cc(OC)ccc1O)NCc1ccccc1Cn1cccn1.I. The molecular formula is C22H28IN5O2. The van der Waals surface area contributed by atoms with Gasteiger partial charge in [0, 0.05) is 31.0 Å². The van der Waals surface area contributed by atoms with Crippen molar-refractivity contribution in [2.75, 3.05) is 13.7 Å². The van der Waals surface area contributed by atoms with Crippen LogP contribution in [0.15, 0.2) is 65.9 Å². The number of aromatic hydroxyl groups is 1.